The van der Waals surface area contributed by atoms with Crippen LogP contribution in [0.25, 0.3) is 0 Å². The van der Waals surface area contributed by atoms with Gasteiger partial charge in [0.05, 0.1) is 0 Å². The van der Waals surface area contributed by atoms with Crippen LogP contribution in [0.1, 0.15) is 80.2 Å². The van der Waals surface area contributed by atoms with Crippen LogP contribution in [-0.2, 0) is 0 Å². The first-order valence-electron chi connectivity index (χ1n) is 7.99. The summed E-state index contributed by atoms with van der Waals surface area (Å²) in [5, 5.41) is 3.65. The number of unbranched alkanes of at least 4 members (excludes halogenated alkanes) is 5. The second kappa shape index (κ2) is 9.55. The van der Waals surface area contributed by atoms with Gasteiger partial charge >= 0.3 is 0 Å². The van der Waals surface area contributed by atoms with Crippen molar-refractivity contribution in [1.29, 1.82) is 0 Å². The lowest BCUT2D eigenvalue weighted by Gasteiger charge is -2.16. The van der Waals surface area contributed by atoms with Crippen molar-refractivity contribution < 1.29 is 0 Å². The molecule has 110 valence electrons. The van der Waals surface area contributed by atoms with E-state index in [1.165, 1.54) is 60.3 Å². The minimum Gasteiger partial charge on any atom is -0.310 e. The minimum absolute atomic E-state index is 0.577. The molecule has 0 saturated heterocycles. The van der Waals surface area contributed by atoms with Crippen molar-refractivity contribution in [3.63, 3.8) is 0 Å². The molecule has 1 nitrogen and oxygen atoms in total. The van der Waals surface area contributed by atoms with E-state index in [2.05, 4.69) is 39.1 Å². The van der Waals surface area contributed by atoms with E-state index in [0.717, 1.165) is 6.54 Å². The standard InChI is InChI=1S/C17H31NS/c1-5-7-8-9-10-11-12-16(18-6-2)17-13-14(3)15(4)19-17/h13,16,18H,5-12H2,1-4H3. The van der Waals surface area contributed by atoms with Gasteiger partial charge in [0.25, 0.3) is 0 Å². The molecular weight excluding hydrogens is 250 g/mol. The van der Waals surface area contributed by atoms with E-state index in [1.807, 2.05) is 11.3 Å². The lowest BCUT2D eigenvalue weighted by molar-refractivity contribution is 0.482. The van der Waals surface area contributed by atoms with Gasteiger partial charge < -0.3 is 5.32 Å². The summed E-state index contributed by atoms with van der Waals surface area (Å²) in [5.74, 6) is 0. The number of nitrogens with one attached hydrogen (secondary N) is 1. The van der Waals surface area contributed by atoms with Crippen molar-refractivity contribution in [2.24, 2.45) is 0 Å². The fraction of sp³-hybridized carbons (Fsp3) is 0.765. The van der Waals surface area contributed by atoms with Crippen LogP contribution >= 0.6 is 11.3 Å². The summed E-state index contributed by atoms with van der Waals surface area (Å²) >= 11 is 1.97. The minimum atomic E-state index is 0.577. The maximum atomic E-state index is 3.65. The molecule has 0 saturated carbocycles. The van der Waals surface area contributed by atoms with E-state index in [4.69, 9.17) is 0 Å². The Kier molecular flexibility index (Phi) is 8.40. The van der Waals surface area contributed by atoms with Gasteiger partial charge in [0, 0.05) is 15.8 Å². The van der Waals surface area contributed by atoms with Crippen LogP contribution in [0.4, 0.5) is 0 Å². The van der Waals surface area contributed by atoms with Gasteiger partial charge in [-0.15, -0.1) is 11.3 Å². The smallest absolute Gasteiger partial charge is 0.0414 e. The number of aryl methyl sites for hydroxylation is 2. The van der Waals surface area contributed by atoms with E-state index in [0.29, 0.717) is 6.04 Å². The Morgan fingerprint density at radius 3 is 2.32 bits per heavy atom. The van der Waals surface area contributed by atoms with Crippen LogP contribution in [0.2, 0.25) is 0 Å². The number of rotatable bonds is 10. The second-order valence-electron chi connectivity index (χ2n) is 5.55. The number of hydrogen-bond acceptors (Lipinski definition) is 2. The summed E-state index contributed by atoms with van der Waals surface area (Å²) in [5.41, 5.74) is 1.45. The molecular formula is C17H31NS. The molecule has 0 aliphatic carbocycles. The quantitative estimate of drug-likeness (QED) is 0.537. The summed E-state index contributed by atoms with van der Waals surface area (Å²) < 4.78 is 0. The first-order chi connectivity index (χ1) is 9.19. The molecule has 0 bridgehead atoms. The first kappa shape index (κ1) is 16.7. The Balaban J connectivity index is 2.36. The highest BCUT2D eigenvalue weighted by Gasteiger charge is 2.13. The molecule has 0 radical (unpaired) electrons. The van der Waals surface area contributed by atoms with E-state index < -0.39 is 0 Å². The Morgan fingerprint density at radius 1 is 1.05 bits per heavy atom. The van der Waals surface area contributed by atoms with Crippen LogP contribution in [0.3, 0.4) is 0 Å². The number of thiophene rings is 1. The van der Waals surface area contributed by atoms with Crippen molar-refractivity contribution in [3.05, 3.63) is 21.4 Å². The molecule has 1 unspecified atom stereocenters. The van der Waals surface area contributed by atoms with Crippen LogP contribution in [-0.4, -0.2) is 6.54 Å². The maximum absolute atomic E-state index is 3.65. The Hall–Kier alpha value is -0.340. The van der Waals surface area contributed by atoms with Gasteiger partial charge in [0.15, 0.2) is 0 Å². The van der Waals surface area contributed by atoms with E-state index in [-0.39, 0.29) is 0 Å². The Labute approximate surface area is 123 Å². The monoisotopic (exact) mass is 281 g/mol. The first-order valence-corrected chi connectivity index (χ1v) is 8.81. The highest BCUT2D eigenvalue weighted by Crippen LogP contribution is 2.29. The topological polar surface area (TPSA) is 12.0 Å². The molecule has 0 amide bonds. The van der Waals surface area contributed by atoms with Crippen LogP contribution in [0, 0.1) is 13.8 Å². The van der Waals surface area contributed by atoms with Crippen molar-refractivity contribution in [2.75, 3.05) is 6.54 Å². The highest BCUT2D eigenvalue weighted by molar-refractivity contribution is 7.12. The number of hydrogen-bond donors (Lipinski definition) is 1. The maximum Gasteiger partial charge on any atom is 0.0414 e. The van der Waals surface area contributed by atoms with E-state index >= 15 is 0 Å². The highest BCUT2D eigenvalue weighted by atomic mass is 32.1. The summed E-state index contributed by atoms with van der Waals surface area (Å²) in [4.78, 5) is 3.01. The molecule has 1 aromatic heterocycles. The van der Waals surface area contributed by atoms with Gasteiger partial charge in [0.1, 0.15) is 0 Å². The molecule has 0 aromatic carbocycles. The fourth-order valence-electron chi connectivity index (χ4n) is 2.49. The molecule has 1 heterocycles. The molecule has 0 aliphatic rings. The molecule has 1 aromatic rings. The summed E-state index contributed by atoms with van der Waals surface area (Å²) in [6.45, 7) is 10.0. The van der Waals surface area contributed by atoms with Gasteiger partial charge in [-0.2, -0.15) is 0 Å². The zero-order valence-corrected chi connectivity index (χ0v) is 14.0. The average molecular weight is 282 g/mol. The third-order valence-corrected chi connectivity index (χ3v) is 5.09. The Bertz CT molecular complexity index is 324. The van der Waals surface area contributed by atoms with Crippen LogP contribution in [0.5, 0.6) is 0 Å². The summed E-state index contributed by atoms with van der Waals surface area (Å²) in [6, 6.07) is 2.96. The van der Waals surface area contributed by atoms with Gasteiger partial charge in [-0.3, -0.25) is 0 Å². The van der Waals surface area contributed by atoms with Crippen molar-refractivity contribution in [1.82, 2.24) is 5.32 Å². The predicted molar refractivity (Wildman–Crippen MR) is 88.2 cm³/mol. The van der Waals surface area contributed by atoms with Gasteiger partial charge in [-0.25, -0.2) is 0 Å². The average Bonchev–Trinajstić information content (AvgIpc) is 2.72. The third kappa shape index (κ3) is 6.09. The summed E-state index contributed by atoms with van der Waals surface area (Å²) in [7, 11) is 0. The predicted octanol–water partition coefficient (Wildman–Crippen LogP) is 5.77. The molecule has 1 N–H and O–H groups in total. The zero-order valence-electron chi connectivity index (χ0n) is 13.2. The zero-order chi connectivity index (χ0) is 14.1. The Morgan fingerprint density at radius 2 is 1.74 bits per heavy atom. The van der Waals surface area contributed by atoms with Crippen LogP contribution in [0.15, 0.2) is 6.07 Å². The van der Waals surface area contributed by atoms with Crippen molar-refractivity contribution in [3.8, 4) is 0 Å². The molecule has 0 aliphatic heterocycles. The third-order valence-electron chi connectivity index (χ3n) is 3.83. The van der Waals surface area contributed by atoms with Gasteiger partial charge in [-0.05, 0) is 38.4 Å². The van der Waals surface area contributed by atoms with Gasteiger partial charge in [-0.1, -0.05) is 52.4 Å². The largest absolute Gasteiger partial charge is 0.310 e. The molecule has 1 atom stereocenters. The van der Waals surface area contributed by atoms with E-state index in [1.54, 1.807) is 0 Å². The fourth-order valence-corrected chi connectivity index (χ4v) is 3.65. The molecule has 1 rings (SSSR count). The van der Waals surface area contributed by atoms with Crippen LogP contribution < -0.4 is 5.32 Å². The second-order valence-corrected chi connectivity index (χ2v) is 6.84. The molecule has 19 heavy (non-hydrogen) atoms. The normalized spacial score (nSPS) is 12.8. The van der Waals surface area contributed by atoms with E-state index in [9.17, 15) is 0 Å². The summed E-state index contributed by atoms with van der Waals surface area (Å²) in [6.07, 6.45) is 9.62. The molecule has 0 spiro atoms. The molecule has 0 fully saturated rings. The van der Waals surface area contributed by atoms with Crippen molar-refractivity contribution >= 4 is 11.3 Å². The molecule has 2 heteroatoms. The van der Waals surface area contributed by atoms with Gasteiger partial charge in [0.2, 0.25) is 0 Å². The SMILES string of the molecule is CCCCCCCCC(NCC)c1cc(C)c(C)s1. The lowest BCUT2D eigenvalue weighted by atomic mass is 10.0. The van der Waals surface area contributed by atoms with Crippen molar-refractivity contribution in [2.45, 2.75) is 78.7 Å². The lowest BCUT2D eigenvalue weighted by Crippen LogP contribution is -2.19.